The number of carbonyl (C=O) groups excluding carboxylic acids is 1. The van der Waals surface area contributed by atoms with Gasteiger partial charge in [-0.1, -0.05) is 0 Å². The fourth-order valence-corrected chi connectivity index (χ4v) is 2.50. The highest BCUT2D eigenvalue weighted by atomic mass is 32.2. The van der Waals surface area contributed by atoms with Crippen molar-refractivity contribution in [2.45, 2.75) is 45.8 Å². The summed E-state index contributed by atoms with van der Waals surface area (Å²) in [6, 6.07) is 0. The van der Waals surface area contributed by atoms with Crippen LogP contribution in [0.15, 0.2) is 0 Å². The molecule has 0 aliphatic rings. The van der Waals surface area contributed by atoms with Gasteiger partial charge in [0.2, 0.25) is 10.0 Å². The maximum Gasteiger partial charge on any atom is 0.306 e. The second-order valence-electron chi connectivity index (χ2n) is 4.37. The Morgan fingerprint density at radius 2 is 2.00 bits per heavy atom. The van der Waals surface area contributed by atoms with Gasteiger partial charge in [0.15, 0.2) is 0 Å². The minimum Gasteiger partial charge on any atom is -0.466 e. The van der Waals surface area contributed by atoms with Crippen LogP contribution in [0.2, 0.25) is 0 Å². The lowest BCUT2D eigenvalue weighted by Crippen LogP contribution is -2.51. The number of ether oxygens (including phenoxy) is 1. The van der Waals surface area contributed by atoms with Crippen LogP contribution in [0.25, 0.3) is 0 Å². The molecular formula is C10H21NO5S. The Hall–Kier alpha value is -0.660. The van der Waals surface area contributed by atoms with E-state index >= 15 is 0 Å². The van der Waals surface area contributed by atoms with Crippen LogP contribution in [0.3, 0.4) is 0 Å². The molecule has 0 bridgehead atoms. The Labute approximate surface area is 102 Å². The van der Waals surface area contributed by atoms with Gasteiger partial charge in [0.25, 0.3) is 0 Å². The molecule has 0 aromatic rings. The maximum absolute atomic E-state index is 11.6. The minimum absolute atomic E-state index is 0.195. The second kappa shape index (κ2) is 6.32. The van der Waals surface area contributed by atoms with Crippen molar-refractivity contribution in [3.05, 3.63) is 0 Å². The number of carbonyl (C=O) groups is 1. The molecule has 0 spiro atoms. The first kappa shape index (κ1) is 16.3. The number of hydrogen-bond donors (Lipinski definition) is 2. The first-order valence-electron chi connectivity index (χ1n) is 5.46. The molecule has 102 valence electrons. The van der Waals surface area contributed by atoms with Gasteiger partial charge in [0.05, 0.1) is 30.4 Å². The predicted molar refractivity (Wildman–Crippen MR) is 63.9 cm³/mol. The summed E-state index contributed by atoms with van der Waals surface area (Å²) in [6.07, 6.45) is -1.03. The van der Waals surface area contributed by atoms with Crippen molar-refractivity contribution in [2.24, 2.45) is 0 Å². The van der Waals surface area contributed by atoms with Crippen molar-refractivity contribution in [3.63, 3.8) is 0 Å². The minimum atomic E-state index is -3.61. The SMILES string of the molecule is CCOC(=O)CCS(=O)(=O)NC(C)(C)C(C)O. The Balaban J connectivity index is 4.36. The molecule has 6 nitrogen and oxygen atoms in total. The summed E-state index contributed by atoms with van der Waals surface area (Å²) in [4.78, 5) is 11.0. The lowest BCUT2D eigenvalue weighted by Gasteiger charge is -2.28. The fraction of sp³-hybridized carbons (Fsp3) is 0.900. The molecule has 0 heterocycles. The van der Waals surface area contributed by atoms with Crippen molar-refractivity contribution in [2.75, 3.05) is 12.4 Å². The molecule has 0 amide bonds. The van der Waals surface area contributed by atoms with Crippen molar-refractivity contribution in [3.8, 4) is 0 Å². The Bertz CT molecular complexity index is 348. The van der Waals surface area contributed by atoms with E-state index in [0.29, 0.717) is 0 Å². The number of sulfonamides is 1. The molecule has 7 heteroatoms. The zero-order valence-electron chi connectivity index (χ0n) is 10.7. The summed E-state index contributed by atoms with van der Waals surface area (Å²) in [7, 11) is -3.61. The van der Waals surface area contributed by atoms with E-state index in [1.807, 2.05) is 0 Å². The monoisotopic (exact) mass is 267 g/mol. The van der Waals surface area contributed by atoms with Crippen LogP contribution in [-0.4, -0.2) is 43.5 Å². The number of aliphatic hydroxyl groups is 1. The smallest absolute Gasteiger partial charge is 0.306 e. The van der Waals surface area contributed by atoms with Crippen molar-refractivity contribution >= 4 is 16.0 Å². The molecule has 0 aromatic carbocycles. The zero-order chi connectivity index (χ0) is 13.7. The first-order valence-corrected chi connectivity index (χ1v) is 7.11. The molecule has 0 radical (unpaired) electrons. The van der Waals surface area contributed by atoms with E-state index in [2.05, 4.69) is 9.46 Å². The van der Waals surface area contributed by atoms with Gasteiger partial charge in [-0.05, 0) is 27.7 Å². The molecule has 0 rings (SSSR count). The van der Waals surface area contributed by atoms with Crippen molar-refractivity contribution in [1.82, 2.24) is 4.72 Å². The third kappa shape index (κ3) is 6.60. The molecule has 0 fully saturated rings. The molecular weight excluding hydrogens is 246 g/mol. The lowest BCUT2D eigenvalue weighted by molar-refractivity contribution is -0.142. The van der Waals surface area contributed by atoms with Gasteiger partial charge in [-0.2, -0.15) is 0 Å². The summed E-state index contributed by atoms with van der Waals surface area (Å²) in [5, 5.41) is 9.39. The normalized spacial score (nSPS) is 14.4. The lowest BCUT2D eigenvalue weighted by atomic mass is 10.0. The molecule has 0 aliphatic heterocycles. The van der Waals surface area contributed by atoms with Gasteiger partial charge in [0.1, 0.15) is 0 Å². The Morgan fingerprint density at radius 3 is 2.41 bits per heavy atom. The van der Waals surface area contributed by atoms with Crippen LogP contribution in [-0.2, 0) is 19.6 Å². The van der Waals surface area contributed by atoms with Crippen LogP contribution in [0, 0.1) is 0 Å². The quantitative estimate of drug-likeness (QED) is 0.634. The van der Waals surface area contributed by atoms with E-state index in [9.17, 15) is 18.3 Å². The van der Waals surface area contributed by atoms with E-state index in [1.165, 1.54) is 6.92 Å². The van der Waals surface area contributed by atoms with Gasteiger partial charge in [0, 0.05) is 0 Å². The first-order chi connectivity index (χ1) is 7.60. The topological polar surface area (TPSA) is 92.7 Å². The van der Waals surface area contributed by atoms with Crippen LogP contribution >= 0.6 is 0 Å². The highest BCUT2D eigenvalue weighted by molar-refractivity contribution is 7.89. The summed E-state index contributed by atoms with van der Waals surface area (Å²) in [6.45, 7) is 6.51. The summed E-state index contributed by atoms with van der Waals surface area (Å²) in [5.74, 6) is -0.894. The third-order valence-electron chi connectivity index (χ3n) is 2.34. The molecule has 0 saturated heterocycles. The predicted octanol–water partition coefficient (Wildman–Crippen LogP) is 0.0184. The number of aliphatic hydroxyl groups excluding tert-OH is 1. The zero-order valence-corrected chi connectivity index (χ0v) is 11.5. The molecule has 17 heavy (non-hydrogen) atoms. The van der Waals surface area contributed by atoms with E-state index in [1.54, 1.807) is 20.8 Å². The van der Waals surface area contributed by atoms with Gasteiger partial charge < -0.3 is 9.84 Å². The van der Waals surface area contributed by atoms with Crippen molar-refractivity contribution < 1.29 is 23.1 Å². The van der Waals surface area contributed by atoms with Crippen LogP contribution in [0.4, 0.5) is 0 Å². The molecule has 2 N–H and O–H groups in total. The largest absolute Gasteiger partial charge is 0.466 e. The highest BCUT2D eigenvalue weighted by Gasteiger charge is 2.29. The van der Waals surface area contributed by atoms with Gasteiger partial charge in [-0.3, -0.25) is 4.79 Å². The van der Waals surface area contributed by atoms with Gasteiger partial charge in [-0.25, -0.2) is 13.1 Å². The van der Waals surface area contributed by atoms with E-state index in [0.717, 1.165) is 0 Å². The van der Waals surface area contributed by atoms with Crippen molar-refractivity contribution in [1.29, 1.82) is 0 Å². The molecule has 1 atom stereocenters. The van der Waals surface area contributed by atoms with Crippen LogP contribution < -0.4 is 4.72 Å². The number of hydrogen-bond acceptors (Lipinski definition) is 5. The number of rotatable bonds is 7. The average molecular weight is 267 g/mol. The summed E-state index contributed by atoms with van der Waals surface area (Å²) in [5.41, 5.74) is -0.965. The van der Waals surface area contributed by atoms with E-state index in [-0.39, 0.29) is 18.8 Å². The summed E-state index contributed by atoms with van der Waals surface area (Å²) < 4.78 is 30.2. The fourth-order valence-electron chi connectivity index (χ4n) is 0.988. The molecule has 1 unspecified atom stereocenters. The van der Waals surface area contributed by atoms with Gasteiger partial charge in [-0.15, -0.1) is 0 Å². The third-order valence-corrected chi connectivity index (χ3v) is 3.92. The number of esters is 1. The van der Waals surface area contributed by atoms with E-state index < -0.39 is 27.6 Å². The number of nitrogens with one attached hydrogen (secondary N) is 1. The maximum atomic E-state index is 11.6. The Kier molecular flexibility index (Phi) is 6.08. The van der Waals surface area contributed by atoms with E-state index in [4.69, 9.17) is 0 Å². The average Bonchev–Trinajstić information content (AvgIpc) is 2.13. The van der Waals surface area contributed by atoms with Gasteiger partial charge >= 0.3 is 5.97 Å². The Morgan fingerprint density at radius 1 is 1.47 bits per heavy atom. The molecule has 0 aromatic heterocycles. The summed E-state index contributed by atoms with van der Waals surface area (Å²) >= 11 is 0. The molecule has 0 saturated carbocycles. The van der Waals surface area contributed by atoms with Crippen LogP contribution in [0.1, 0.15) is 34.1 Å². The highest BCUT2D eigenvalue weighted by Crippen LogP contribution is 2.10. The van der Waals surface area contributed by atoms with Crippen LogP contribution in [0.5, 0.6) is 0 Å². The standard InChI is InChI=1S/C10H21NO5S/c1-5-16-9(13)6-7-17(14,15)11-10(3,4)8(2)12/h8,11-12H,5-7H2,1-4H3. The molecule has 0 aliphatic carbocycles. The second-order valence-corrected chi connectivity index (χ2v) is 6.22.